The Balaban J connectivity index is 2.39. The molecule has 0 saturated carbocycles. The van der Waals surface area contributed by atoms with E-state index in [1.807, 2.05) is 0 Å². The molecule has 2 rings (SSSR count). The zero-order valence-electron chi connectivity index (χ0n) is 9.65. The standard InChI is InChI=1S/C11H11IN2O5/c1-2-11(5-15)7(16)3-8(19-11)14-4-6(12)9(17)13-10(14)18/h1,4,7-8,15-16H,3,5H2,(H,13,17,18)/t7-,8+,11+/m0/s1. The molecule has 0 amide bonds. The van der Waals surface area contributed by atoms with Crippen LogP contribution in [0.15, 0.2) is 11.0 Å². The van der Waals surface area contributed by atoms with Gasteiger partial charge in [-0.05, 0) is 22.6 Å². The van der Waals surface area contributed by atoms with Crippen molar-refractivity contribution in [3.05, 3.63) is 20.3 Å². The lowest BCUT2D eigenvalue weighted by molar-refractivity contribution is -0.0913. The molecule has 19 heavy (non-hydrogen) atoms. The van der Waals surface area contributed by atoms with Crippen molar-refractivity contribution in [3.8, 4) is 18.2 Å². The van der Waals surface area contributed by atoms with E-state index in [0.717, 1.165) is 4.57 Å². The molecule has 102 valence electrons. The summed E-state index contributed by atoms with van der Waals surface area (Å²) in [5.41, 5.74) is -2.24. The number of halogens is 1. The fraction of sp³-hybridized carbons (Fsp3) is 0.455. The van der Waals surface area contributed by atoms with Crippen molar-refractivity contribution >= 4 is 22.6 Å². The van der Waals surface area contributed by atoms with Crippen LogP contribution in [0.2, 0.25) is 0 Å². The molecule has 1 aromatic heterocycles. The first-order chi connectivity index (χ1) is 8.93. The summed E-state index contributed by atoms with van der Waals surface area (Å²) in [7, 11) is 0. The van der Waals surface area contributed by atoms with Crippen molar-refractivity contribution in [3.63, 3.8) is 0 Å². The quantitative estimate of drug-likeness (QED) is 0.460. The molecule has 0 aromatic carbocycles. The maximum absolute atomic E-state index is 11.7. The van der Waals surface area contributed by atoms with Gasteiger partial charge in [-0.25, -0.2) is 4.79 Å². The molecule has 3 N–H and O–H groups in total. The number of ether oxygens (including phenoxy) is 1. The number of hydrogen-bond acceptors (Lipinski definition) is 6. The summed E-state index contributed by atoms with van der Waals surface area (Å²) in [6.45, 7) is -0.557. The van der Waals surface area contributed by atoms with Gasteiger partial charge in [-0.15, -0.1) is 6.42 Å². The van der Waals surface area contributed by atoms with Gasteiger partial charge in [0.25, 0.3) is 0 Å². The second-order valence-electron chi connectivity index (χ2n) is 4.12. The number of nitrogens with zero attached hydrogens (tertiary/aromatic N) is 2. The smallest absolute Gasteiger partial charge is 0.353 e. The van der Waals surface area contributed by atoms with Crippen LogP contribution < -0.4 is 5.69 Å². The SMILES string of the molecule is C#C[C@]1(CO)O[C@@H](n2cc(I)c(O)nc2=O)C[C@@H]1O. The summed E-state index contributed by atoms with van der Waals surface area (Å²) in [6.07, 6.45) is 4.73. The molecule has 0 radical (unpaired) electrons. The Morgan fingerprint density at radius 3 is 2.95 bits per heavy atom. The largest absolute Gasteiger partial charge is 0.492 e. The molecule has 0 aliphatic carbocycles. The van der Waals surface area contributed by atoms with Crippen molar-refractivity contribution < 1.29 is 20.1 Å². The Kier molecular flexibility index (Phi) is 3.82. The summed E-state index contributed by atoms with van der Waals surface area (Å²) >= 11 is 1.81. The number of aliphatic hydroxyl groups is 2. The average molecular weight is 378 g/mol. The third-order valence-electron chi connectivity index (χ3n) is 2.99. The Bertz CT molecular complexity index is 596. The first-order valence-electron chi connectivity index (χ1n) is 5.35. The van der Waals surface area contributed by atoms with Crippen LogP contribution in [0.4, 0.5) is 0 Å². The van der Waals surface area contributed by atoms with Crippen LogP contribution in [0.1, 0.15) is 12.6 Å². The highest BCUT2D eigenvalue weighted by atomic mass is 127. The van der Waals surface area contributed by atoms with Crippen molar-refractivity contribution in [2.75, 3.05) is 6.61 Å². The van der Waals surface area contributed by atoms with Gasteiger partial charge >= 0.3 is 5.69 Å². The molecule has 0 bridgehead atoms. The highest BCUT2D eigenvalue weighted by molar-refractivity contribution is 14.1. The van der Waals surface area contributed by atoms with E-state index in [2.05, 4.69) is 10.9 Å². The van der Waals surface area contributed by atoms with Gasteiger partial charge in [-0.2, -0.15) is 4.98 Å². The Hall–Kier alpha value is -1.15. The number of aromatic hydroxyl groups is 1. The van der Waals surface area contributed by atoms with E-state index < -0.39 is 30.2 Å². The van der Waals surface area contributed by atoms with Crippen LogP contribution >= 0.6 is 22.6 Å². The molecule has 3 atom stereocenters. The number of hydrogen-bond donors (Lipinski definition) is 3. The molecule has 2 heterocycles. The first kappa shape index (κ1) is 14.3. The van der Waals surface area contributed by atoms with Gasteiger partial charge in [-0.1, -0.05) is 5.92 Å². The lowest BCUT2D eigenvalue weighted by Crippen LogP contribution is -2.41. The summed E-state index contributed by atoms with van der Waals surface area (Å²) in [4.78, 5) is 15.1. The Morgan fingerprint density at radius 1 is 1.74 bits per heavy atom. The average Bonchev–Trinajstić information content (AvgIpc) is 2.71. The van der Waals surface area contributed by atoms with E-state index in [-0.39, 0.29) is 12.3 Å². The molecule has 1 fully saturated rings. The number of aromatic nitrogens is 2. The summed E-state index contributed by atoms with van der Waals surface area (Å²) in [5.74, 6) is 1.84. The molecule has 1 aliphatic rings. The van der Waals surface area contributed by atoms with Crippen molar-refractivity contribution in [1.29, 1.82) is 0 Å². The van der Waals surface area contributed by atoms with E-state index in [0.29, 0.717) is 3.57 Å². The Labute approximate surface area is 122 Å². The summed E-state index contributed by atoms with van der Waals surface area (Å²) in [6, 6.07) is 0. The highest BCUT2D eigenvalue weighted by Gasteiger charge is 2.47. The predicted octanol–water partition coefficient (Wildman–Crippen LogP) is -0.802. The molecule has 0 spiro atoms. The predicted molar refractivity (Wildman–Crippen MR) is 72.3 cm³/mol. The lowest BCUT2D eigenvalue weighted by atomic mass is 9.99. The van der Waals surface area contributed by atoms with Gasteiger partial charge in [0, 0.05) is 12.6 Å². The number of rotatable bonds is 2. The van der Waals surface area contributed by atoms with Crippen LogP contribution in [0.3, 0.4) is 0 Å². The van der Waals surface area contributed by atoms with Gasteiger partial charge in [0.15, 0.2) is 5.60 Å². The summed E-state index contributed by atoms with van der Waals surface area (Å²) in [5, 5.41) is 28.4. The van der Waals surface area contributed by atoms with Crippen LogP contribution in [-0.4, -0.2) is 43.2 Å². The van der Waals surface area contributed by atoms with Gasteiger partial charge in [0.05, 0.1) is 10.2 Å². The second-order valence-corrected chi connectivity index (χ2v) is 5.28. The third kappa shape index (κ3) is 2.34. The van der Waals surface area contributed by atoms with E-state index in [4.69, 9.17) is 11.2 Å². The molecule has 1 aliphatic heterocycles. The third-order valence-corrected chi connectivity index (χ3v) is 3.75. The highest BCUT2D eigenvalue weighted by Crippen LogP contribution is 2.35. The number of aliphatic hydroxyl groups excluding tert-OH is 2. The molecule has 8 heteroatoms. The zero-order chi connectivity index (χ0) is 14.2. The van der Waals surface area contributed by atoms with Crippen molar-refractivity contribution in [2.24, 2.45) is 0 Å². The van der Waals surface area contributed by atoms with Gasteiger partial charge in [0.2, 0.25) is 5.88 Å². The van der Waals surface area contributed by atoms with E-state index in [9.17, 15) is 20.1 Å². The van der Waals surface area contributed by atoms with Crippen molar-refractivity contribution in [1.82, 2.24) is 9.55 Å². The molecule has 1 aromatic rings. The minimum Gasteiger partial charge on any atom is -0.492 e. The molecular weight excluding hydrogens is 367 g/mol. The van der Waals surface area contributed by atoms with Crippen LogP contribution in [0.5, 0.6) is 5.88 Å². The minimum atomic E-state index is -1.52. The monoisotopic (exact) mass is 378 g/mol. The summed E-state index contributed by atoms with van der Waals surface area (Å²) < 4.78 is 6.91. The number of terminal acetylenes is 1. The lowest BCUT2D eigenvalue weighted by Gasteiger charge is -2.23. The fourth-order valence-corrected chi connectivity index (χ4v) is 2.30. The minimum absolute atomic E-state index is 0.0488. The normalized spacial score (nSPS) is 30.2. The van der Waals surface area contributed by atoms with Crippen molar-refractivity contribution in [2.45, 2.75) is 24.4 Å². The molecular formula is C11H11IN2O5. The maximum Gasteiger partial charge on any atom is 0.353 e. The van der Waals surface area contributed by atoms with Gasteiger partial charge in [-0.3, -0.25) is 4.57 Å². The van der Waals surface area contributed by atoms with E-state index in [1.54, 1.807) is 22.6 Å². The van der Waals surface area contributed by atoms with Gasteiger partial charge < -0.3 is 20.1 Å². The molecule has 7 nitrogen and oxygen atoms in total. The maximum atomic E-state index is 11.7. The topological polar surface area (TPSA) is 105 Å². The van der Waals surface area contributed by atoms with E-state index >= 15 is 0 Å². The van der Waals surface area contributed by atoms with Crippen LogP contribution in [0.25, 0.3) is 0 Å². The Morgan fingerprint density at radius 2 is 2.42 bits per heavy atom. The fourth-order valence-electron chi connectivity index (χ4n) is 1.88. The molecule has 1 saturated heterocycles. The second kappa shape index (κ2) is 5.09. The first-order valence-corrected chi connectivity index (χ1v) is 6.43. The van der Waals surface area contributed by atoms with Crippen LogP contribution in [-0.2, 0) is 4.74 Å². The van der Waals surface area contributed by atoms with E-state index in [1.165, 1.54) is 6.20 Å². The van der Waals surface area contributed by atoms with Gasteiger partial charge in [0.1, 0.15) is 12.3 Å². The molecule has 0 unspecified atom stereocenters. The van der Waals surface area contributed by atoms with Crippen LogP contribution in [0, 0.1) is 15.9 Å². The zero-order valence-corrected chi connectivity index (χ0v) is 11.8.